The zero-order chi connectivity index (χ0) is 13.4. The number of hydrogen-bond donors (Lipinski definition) is 0. The summed E-state index contributed by atoms with van der Waals surface area (Å²) in [6, 6.07) is 0. The van der Waals surface area contributed by atoms with Crippen LogP contribution >= 0.6 is 0 Å². The highest BCUT2D eigenvalue weighted by Gasteiger charge is 2.43. The Morgan fingerprint density at radius 3 is 2.11 bits per heavy atom. The molecule has 1 aliphatic carbocycles. The van der Waals surface area contributed by atoms with Crippen LogP contribution in [0.25, 0.3) is 0 Å². The van der Waals surface area contributed by atoms with Gasteiger partial charge in [0.2, 0.25) is 0 Å². The third-order valence-electron chi connectivity index (χ3n) is 5.13. The van der Waals surface area contributed by atoms with Gasteiger partial charge in [0, 0.05) is 11.1 Å². The molecule has 2 aliphatic rings. The number of hydrogen-bond acceptors (Lipinski definition) is 2. The lowest BCUT2D eigenvalue weighted by molar-refractivity contribution is -0.287. The summed E-state index contributed by atoms with van der Waals surface area (Å²) in [6.45, 7) is 12.6. The summed E-state index contributed by atoms with van der Waals surface area (Å²) in [7, 11) is 0. The first-order valence-electron chi connectivity index (χ1n) is 7.76. The Morgan fingerprint density at radius 1 is 1.00 bits per heavy atom. The van der Waals surface area contributed by atoms with Crippen molar-refractivity contribution in [1.82, 2.24) is 5.06 Å². The lowest BCUT2D eigenvalue weighted by Gasteiger charge is -2.51. The highest BCUT2D eigenvalue weighted by molar-refractivity contribution is 4.93. The van der Waals surface area contributed by atoms with Crippen molar-refractivity contribution in [3.05, 3.63) is 0 Å². The fourth-order valence-electron chi connectivity index (χ4n) is 3.97. The molecule has 1 aliphatic heterocycles. The molecule has 1 saturated heterocycles. The Labute approximate surface area is 113 Å². The van der Waals surface area contributed by atoms with Gasteiger partial charge in [-0.25, -0.2) is 0 Å². The molecule has 2 unspecified atom stereocenters. The normalized spacial score (nSPS) is 35.8. The van der Waals surface area contributed by atoms with Gasteiger partial charge in [0.05, 0.1) is 6.61 Å². The Morgan fingerprint density at radius 2 is 1.61 bits per heavy atom. The molecule has 0 bridgehead atoms. The van der Waals surface area contributed by atoms with Crippen LogP contribution in [0.15, 0.2) is 0 Å². The lowest BCUT2D eigenvalue weighted by Crippen LogP contribution is -2.58. The topological polar surface area (TPSA) is 12.5 Å². The molecule has 2 nitrogen and oxygen atoms in total. The standard InChI is InChI=1S/C16H31NO/c1-13-8-6-9-14(13)12-18-17-15(2,3)10-7-11-16(17,4)5/h13-14H,6-12H2,1-5H3. The molecular formula is C16H31NO. The van der Waals surface area contributed by atoms with Gasteiger partial charge in [-0.2, -0.15) is 5.06 Å². The molecule has 2 atom stereocenters. The molecule has 106 valence electrons. The van der Waals surface area contributed by atoms with Crippen LogP contribution in [0.5, 0.6) is 0 Å². The lowest BCUT2D eigenvalue weighted by atomic mass is 9.82. The minimum atomic E-state index is 0.184. The summed E-state index contributed by atoms with van der Waals surface area (Å²) < 4.78 is 0. The summed E-state index contributed by atoms with van der Waals surface area (Å²) in [5.41, 5.74) is 0.368. The van der Waals surface area contributed by atoms with Gasteiger partial charge in [-0.05, 0) is 65.2 Å². The van der Waals surface area contributed by atoms with Crippen molar-refractivity contribution in [1.29, 1.82) is 0 Å². The maximum atomic E-state index is 6.30. The minimum Gasteiger partial charge on any atom is -0.298 e. The highest BCUT2D eigenvalue weighted by Crippen LogP contribution is 2.39. The first-order valence-corrected chi connectivity index (χ1v) is 7.76. The molecule has 0 aromatic rings. The largest absolute Gasteiger partial charge is 0.298 e. The van der Waals surface area contributed by atoms with Crippen molar-refractivity contribution in [2.45, 2.75) is 84.2 Å². The van der Waals surface area contributed by atoms with Crippen LogP contribution < -0.4 is 0 Å². The maximum Gasteiger partial charge on any atom is 0.0716 e. The van der Waals surface area contributed by atoms with E-state index in [0.717, 1.165) is 18.4 Å². The summed E-state index contributed by atoms with van der Waals surface area (Å²) in [5, 5.41) is 2.31. The van der Waals surface area contributed by atoms with E-state index in [-0.39, 0.29) is 11.1 Å². The van der Waals surface area contributed by atoms with E-state index in [4.69, 9.17) is 4.84 Å². The number of rotatable bonds is 3. The number of hydroxylamine groups is 2. The predicted octanol–water partition coefficient (Wildman–Crippen LogP) is 4.40. The van der Waals surface area contributed by atoms with Gasteiger partial charge in [0.25, 0.3) is 0 Å². The van der Waals surface area contributed by atoms with Crippen LogP contribution in [0.1, 0.15) is 73.1 Å². The fraction of sp³-hybridized carbons (Fsp3) is 1.00. The average Bonchev–Trinajstić information content (AvgIpc) is 2.61. The third-order valence-corrected chi connectivity index (χ3v) is 5.13. The predicted molar refractivity (Wildman–Crippen MR) is 76.3 cm³/mol. The second-order valence-electron chi connectivity index (χ2n) is 7.74. The van der Waals surface area contributed by atoms with E-state index in [0.29, 0.717) is 0 Å². The third kappa shape index (κ3) is 2.91. The van der Waals surface area contributed by atoms with Crippen molar-refractivity contribution < 1.29 is 4.84 Å². The minimum absolute atomic E-state index is 0.184. The smallest absolute Gasteiger partial charge is 0.0716 e. The van der Waals surface area contributed by atoms with Crippen molar-refractivity contribution >= 4 is 0 Å². The Bertz CT molecular complexity index is 269. The van der Waals surface area contributed by atoms with Crippen molar-refractivity contribution in [3.63, 3.8) is 0 Å². The number of piperidine rings is 1. The van der Waals surface area contributed by atoms with Gasteiger partial charge in [-0.1, -0.05) is 19.8 Å². The van der Waals surface area contributed by atoms with Crippen molar-refractivity contribution in [3.8, 4) is 0 Å². The molecular weight excluding hydrogens is 222 g/mol. The van der Waals surface area contributed by atoms with Crippen LogP contribution in [0.3, 0.4) is 0 Å². The Kier molecular flexibility index (Phi) is 4.08. The number of nitrogens with zero attached hydrogens (tertiary/aromatic N) is 1. The van der Waals surface area contributed by atoms with E-state index in [1.807, 2.05) is 0 Å². The van der Waals surface area contributed by atoms with Gasteiger partial charge in [-0.3, -0.25) is 4.84 Å². The van der Waals surface area contributed by atoms with E-state index in [1.165, 1.54) is 38.5 Å². The fourth-order valence-corrected chi connectivity index (χ4v) is 3.97. The zero-order valence-corrected chi connectivity index (χ0v) is 13.0. The second-order valence-corrected chi connectivity index (χ2v) is 7.74. The van der Waals surface area contributed by atoms with Crippen LogP contribution in [0.4, 0.5) is 0 Å². The molecule has 0 aromatic carbocycles. The summed E-state index contributed by atoms with van der Waals surface area (Å²) in [6.07, 6.45) is 7.95. The molecule has 1 heterocycles. The Balaban J connectivity index is 1.96. The molecule has 2 fully saturated rings. The quantitative estimate of drug-likeness (QED) is 0.739. The van der Waals surface area contributed by atoms with Gasteiger partial charge in [0.15, 0.2) is 0 Å². The summed E-state index contributed by atoms with van der Waals surface area (Å²) >= 11 is 0. The van der Waals surface area contributed by atoms with Crippen LogP contribution in [0.2, 0.25) is 0 Å². The molecule has 2 rings (SSSR count). The van der Waals surface area contributed by atoms with Gasteiger partial charge in [0.1, 0.15) is 0 Å². The maximum absolute atomic E-state index is 6.30. The molecule has 0 N–H and O–H groups in total. The van der Waals surface area contributed by atoms with Crippen LogP contribution in [-0.2, 0) is 4.84 Å². The molecule has 0 spiro atoms. The van der Waals surface area contributed by atoms with E-state index in [2.05, 4.69) is 39.7 Å². The van der Waals surface area contributed by atoms with Crippen LogP contribution in [0, 0.1) is 11.8 Å². The second kappa shape index (κ2) is 5.13. The Hall–Kier alpha value is -0.0800. The monoisotopic (exact) mass is 253 g/mol. The van der Waals surface area contributed by atoms with E-state index < -0.39 is 0 Å². The van der Waals surface area contributed by atoms with Crippen molar-refractivity contribution in [2.75, 3.05) is 6.61 Å². The van der Waals surface area contributed by atoms with E-state index in [1.54, 1.807) is 0 Å². The first-order chi connectivity index (χ1) is 8.33. The molecule has 2 heteroatoms. The molecule has 18 heavy (non-hydrogen) atoms. The van der Waals surface area contributed by atoms with Gasteiger partial charge >= 0.3 is 0 Å². The molecule has 0 aromatic heterocycles. The highest BCUT2D eigenvalue weighted by atomic mass is 16.7. The molecule has 0 amide bonds. The van der Waals surface area contributed by atoms with Crippen LogP contribution in [-0.4, -0.2) is 22.7 Å². The molecule has 0 radical (unpaired) electrons. The summed E-state index contributed by atoms with van der Waals surface area (Å²) in [5.74, 6) is 1.62. The van der Waals surface area contributed by atoms with Crippen molar-refractivity contribution in [2.24, 2.45) is 11.8 Å². The zero-order valence-electron chi connectivity index (χ0n) is 13.0. The van der Waals surface area contributed by atoms with E-state index in [9.17, 15) is 0 Å². The first kappa shape index (κ1) is 14.3. The van der Waals surface area contributed by atoms with Gasteiger partial charge in [-0.15, -0.1) is 0 Å². The molecule has 1 saturated carbocycles. The summed E-state index contributed by atoms with van der Waals surface area (Å²) in [4.78, 5) is 6.30. The van der Waals surface area contributed by atoms with E-state index >= 15 is 0 Å². The SMILES string of the molecule is CC1CCCC1CON1C(C)(C)CCCC1(C)C. The van der Waals surface area contributed by atoms with Gasteiger partial charge < -0.3 is 0 Å². The average molecular weight is 253 g/mol.